The first-order valence-corrected chi connectivity index (χ1v) is 14.6. The number of hydrogen-bond donors (Lipinski definition) is 1. The molecule has 8 nitrogen and oxygen atoms in total. The number of aromatic nitrogens is 3. The molecule has 2 aliphatic heterocycles. The van der Waals surface area contributed by atoms with Gasteiger partial charge in [-0.3, -0.25) is 14.7 Å². The minimum Gasteiger partial charge on any atom is -0.481 e. The van der Waals surface area contributed by atoms with Crippen LogP contribution in [0.5, 0.6) is 5.88 Å². The SMILES string of the molecule is CCN(C[C@@]1(C)CCc2cc(-c3cc([C@@H]4CCCN4C)ccn3)c(C)nc2N1)C(=O)[C@H](C)c1cc(OC)ncc1F. The summed E-state index contributed by atoms with van der Waals surface area (Å²) in [5, 5.41) is 3.65. The van der Waals surface area contributed by atoms with Gasteiger partial charge in [0.25, 0.3) is 0 Å². The molecule has 0 unspecified atom stereocenters. The van der Waals surface area contributed by atoms with Crippen LogP contribution in [0.2, 0.25) is 0 Å². The Labute approximate surface area is 242 Å². The third-order valence-corrected chi connectivity index (χ3v) is 8.76. The van der Waals surface area contributed by atoms with E-state index in [1.807, 2.05) is 20.0 Å². The summed E-state index contributed by atoms with van der Waals surface area (Å²) in [5.74, 6) is -0.166. The van der Waals surface area contributed by atoms with Crippen LogP contribution >= 0.6 is 0 Å². The van der Waals surface area contributed by atoms with E-state index in [1.165, 1.54) is 31.6 Å². The van der Waals surface area contributed by atoms with Gasteiger partial charge in [0.2, 0.25) is 11.8 Å². The second-order valence-electron chi connectivity index (χ2n) is 11.8. The molecule has 3 atom stereocenters. The van der Waals surface area contributed by atoms with E-state index in [4.69, 9.17) is 14.7 Å². The van der Waals surface area contributed by atoms with Crippen LogP contribution in [0.15, 0.2) is 36.7 Å². The predicted octanol–water partition coefficient (Wildman–Crippen LogP) is 5.53. The zero-order chi connectivity index (χ0) is 29.3. The standard InChI is InChI=1S/C32H41FN6O2/c1-7-39(31(40)20(2)24-17-29(41-6)35-18-26(24)33)19-32(4)12-10-23-15-25(21(3)36-30(23)37-32)27-16-22(11-13-34-27)28-9-8-14-38(28)5/h11,13,15-18,20,28H,7-10,12,14,19H2,1-6H3,(H,36,37)/t20-,28+,32-/m1/s1. The van der Waals surface area contributed by atoms with Gasteiger partial charge in [0, 0.05) is 48.2 Å². The summed E-state index contributed by atoms with van der Waals surface area (Å²) in [4.78, 5) is 31.3. The minimum absolute atomic E-state index is 0.133. The summed E-state index contributed by atoms with van der Waals surface area (Å²) in [6, 6.07) is 8.51. The highest BCUT2D eigenvalue weighted by Gasteiger charge is 2.35. The number of aryl methyl sites for hydroxylation is 2. The van der Waals surface area contributed by atoms with E-state index in [0.29, 0.717) is 19.1 Å². The molecule has 0 aromatic carbocycles. The third kappa shape index (κ3) is 5.91. The maximum atomic E-state index is 14.6. The van der Waals surface area contributed by atoms with Crippen LogP contribution in [0.4, 0.5) is 10.2 Å². The average molecular weight is 561 g/mol. The van der Waals surface area contributed by atoms with Crippen LogP contribution in [0, 0.1) is 12.7 Å². The highest BCUT2D eigenvalue weighted by Crippen LogP contribution is 2.36. The molecule has 0 bridgehead atoms. The first kappa shape index (κ1) is 28.9. The molecule has 218 valence electrons. The number of likely N-dealkylation sites (tertiary alicyclic amines) is 1. The van der Waals surface area contributed by atoms with Gasteiger partial charge in [-0.15, -0.1) is 0 Å². The highest BCUT2D eigenvalue weighted by atomic mass is 19.1. The molecular formula is C32H41FN6O2. The van der Waals surface area contributed by atoms with Gasteiger partial charge in [0.05, 0.1) is 30.5 Å². The van der Waals surface area contributed by atoms with Gasteiger partial charge in [-0.05, 0) is 96.3 Å². The topological polar surface area (TPSA) is 83.5 Å². The van der Waals surface area contributed by atoms with Crippen molar-refractivity contribution >= 4 is 11.7 Å². The van der Waals surface area contributed by atoms with Crippen LogP contribution in [-0.4, -0.2) is 70.0 Å². The number of rotatable bonds is 8. The number of halogens is 1. The fourth-order valence-corrected chi connectivity index (χ4v) is 6.27. The van der Waals surface area contributed by atoms with E-state index in [-0.39, 0.29) is 22.9 Å². The smallest absolute Gasteiger partial charge is 0.230 e. The van der Waals surface area contributed by atoms with Crippen LogP contribution in [-0.2, 0) is 11.2 Å². The Balaban J connectivity index is 1.33. The molecule has 5 rings (SSSR count). The van der Waals surface area contributed by atoms with Gasteiger partial charge in [-0.1, -0.05) is 0 Å². The molecule has 3 aromatic rings. The van der Waals surface area contributed by atoms with Crippen molar-refractivity contribution in [2.45, 2.75) is 70.9 Å². The van der Waals surface area contributed by atoms with Gasteiger partial charge in [-0.2, -0.15) is 0 Å². The molecule has 3 aromatic heterocycles. The Hall–Kier alpha value is -3.59. The molecule has 1 N–H and O–H groups in total. The Morgan fingerprint density at radius 1 is 1.32 bits per heavy atom. The Kier molecular flexibility index (Phi) is 8.27. The largest absolute Gasteiger partial charge is 0.481 e. The average Bonchev–Trinajstić information content (AvgIpc) is 3.41. The van der Waals surface area contributed by atoms with E-state index < -0.39 is 11.7 Å². The number of carbonyl (C=O) groups excluding carboxylic acids is 1. The number of amides is 1. The third-order valence-electron chi connectivity index (χ3n) is 8.76. The lowest BCUT2D eigenvalue weighted by atomic mass is 9.87. The molecule has 1 fully saturated rings. The molecule has 5 heterocycles. The lowest BCUT2D eigenvalue weighted by Crippen LogP contribution is -2.51. The molecule has 2 aliphatic rings. The van der Waals surface area contributed by atoms with Crippen LogP contribution in [0.25, 0.3) is 11.3 Å². The number of hydrogen-bond acceptors (Lipinski definition) is 7. The number of nitrogens with one attached hydrogen (secondary N) is 1. The molecule has 41 heavy (non-hydrogen) atoms. The number of pyridine rings is 3. The normalized spacial score (nSPS) is 21.2. The molecular weight excluding hydrogens is 519 g/mol. The number of carbonyl (C=O) groups is 1. The number of methoxy groups -OCH3 is 1. The second kappa shape index (κ2) is 11.7. The monoisotopic (exact) mass is 560 g/mol. The summed E-state index contributed by atoms with van der Waals surface area (Å²) < 4.78 is 19.7. The molecule has 1 saturated heterocycles. The molecule has 1 amide bonds. The lowest BCUT2D eigenvalue weighted by molar-refractivity contribution is -0.133. The predicted molar refractivity (Wildman–Crippen MR) is 159 cm³/mol. The van der Waals surface area contributed by atoms with E-state index in [1.54, 1.807) is 11.8 Å². The Bertz CT molecular complexity index is 1430. The Morgan fingerprint density at radius 3 is 2.83 bits per heavy atom. The number of anilines is 1. The van der Waals surface area contributed by atoms with Crippen molar-refractivity contribution in [1.29, 1.82) is 0 Å². The zero-order valence-electron chi connectivity index (χ0n) is 25.0. The quantitative estimate of drug-likeness (QED) is 0.388. The molecule has 0 radical (unpaired) electrons. The van der Waals surface area contributed by atoms with E-state index in [2.05, 4.69) is 47.4 Å². The lowest BCUT2D eigenvalue weighted by Gasteiger charge is -2.40. The number of fused-ring (bicyclic) bond motifs is 1. The van der Waals surface area contributed by atoms with E-state index in [0.717, 1.165) is 53.9 Å². The maximum Gasteiger partial charge on any atom is 0.230 e. The van der Waals surface area contributed by atoms with Gasteiger partial charge >= 0.3 is 0 Å². The summed E-state index contributed by atoms with van der Waals surface area (Å²) in [6.45, 7) is 9.96. The maximum absolute atomic E-state index is 14.6. The molecule has 9 heteroatoms. The number of likely N-dealkylation sites (N-methyl/N-ethyl adjacent to an activating group) is 1. The van der Waals surface area contributed by atoms with Crippen molar-refractivity contribution in [1.82, 2.24) is 24.8 Å². The van der Waals surface area contributed by atoms with Gasteiger partial charge in [-0.25, -0.2) is 14.4 Å². The Morgan fingerprint density at radius 2 is 2.12 bits per heavy atom. The summed E-state index contributed by atoms with van der Waals surface area (Å²) in [5.41, 5.74) is 5.31. The number of ether oxygens (including phenoxy) is 1. The van der Waals surface area contributed by atoms with Crippen LogP contribution < -0.4 is 10.1 Å². The van der Waals surface area contributed by atoms with Crippen molar-refractivity contribution in [3.8, 4) is 17.1 Å². The first-order chi connectivity index (χ1) is 19.6. The van der Waals surface area contributed by atoms with Crippen molar-refractivity contribution in [3.63, 3.8) is 0 Å². The van der Waals surface area contributed by atoms with E-state index >= 15 is 0 Å². The molecule has 0 spiro atoms. The molecule has 0 saturated carbocycles. The molecule has 0 aliphatic carbocycles. The van der Waals surface area contributed by atoms with E-state index in [9.17, 15) is 9.18 Å². The van der Waals surface area contributed by atoms with Gasteiger partial charge in [0.1, 0.15) is 11.6 Å². The highest BCUT2D eigenvalue weighted by molar-refractivity contribution is 5.83. The van der Waals surface area contributed by atoms with Crippen molar-refractivity contribution < 1.29 is 13.9 Å². The number of nitrogens with zero attached hydrogens (tertiary/aromatic N) is 5. The van der Waals surface area contributed by atoms with Crippen LogP contribution in [0.1, 0.15) is 74.4 Å². The second-order valence-corrected chi connectivity index (χ2v) is 11.8. The van der Waals surface area contributed by atoms with Crippen molar-refractivity contribution in [2.24, 2.45) is 0 Å². The summed E-state index contributed by atoms with van der Waals surface area (Å²) in [6.07, 6.45) is 7.08. The first-order valence-electron chi connectivity index (χ1n) is 14.6. The van der Waals surface area contributed by atoms with Gasteiger partial charge < -0.3 is 15.0 Å². The van der Waals surface area contributed by atoms with Crippen molar-refractivity contribution in [2.75, 3.05) is 39.1 Å². The van der Waals surface area contributed by atoms with Crippen LogP contribution in [0.3, 0.4) is 0 Å². The minimum atomic E-state index is -0.665. The summed E-state index contributed by atoms with van der Waals surface area (Å²) in [7, 11) is 3.67. The van der Waals surface area contributed by atoms with Crippen molar-refractivity contribution in [3.05, 3.63) is 64.9 Å². The zero-order valence-corrected chi connectivity index (χ0v) is 25.0. The van der Waals surface area contributed by atoms with Gasteiger partial charge in [0.15, 0.2) is 0 Å². The fraction of sp³-hybridized carbons (Fsp3) is 0.500. The summed E-state index contributed by atoms with van der Waals surface area (Å²) >= 11 is 0. The fourth-order valence-electron chi connectivity index (χ4n) is 6.27.